The molecule has 0 spiro atoms. The van der Waals surface area contributed by atoms with Gasteiger partial charge in [-0.2, -0.15) is 4.98 Å². The van der Waals surface area contributed by atoms with E-state index >= 15 is 0 Å². The maximum absolute atomic E-state index is 5.28. The normalized spacial score (nSPS) is 16.6. The standard InChI is InChI=1S/C15H19N3O/c1-10(2)14-17-15(19-18-14)16-13(12-8-9-12)11-6-4-3-5-7-11/h3-7,10,12-13H,8-9H2,1-2H3,(H,16,17,18). The minimum atomic E-state index is 0.279. The van der Waals surface area contributed by atoms with Crippen molar-refractivity contribution in [1.29, 1.82) is 0 Å². The van der Waals surface area contributed by atoms with Crippen molar-refractivity contribution in [3.8, 4) is 0 Å². The van der Waals surface area contributed by atoms with Crippen LogP contribution in [0.1, 0.15) is 50.0 Å². The Morgan fingerprint density at radius 2 is 1.95 bits per heavy atom. The van der Waals surface area contributed by atoms with E-state index in [2.05, 4.69) is 53.6 Å². The third kappa shape index (κ3) is 2.78. The molecule has 2 aromatic rings. The van der Waals surface area contributed by atoms with Crippen LogP contribution in [0.3, 0.4) is 0 Å². The quantitative estimate of drug-likeness (QED) is 0.886. The van der Waals surface area contributed by atoms with Gasteiger partial charge in [-0.3, -0.25) is 0 Å². The number of benzene rings is 1. The molecule has 0 amide bonds. The Labute approximate surface area is 113 Å². The van der Waals surface area contributed by atoms with Crippen molar-refractivity contribution in [2.24, 2.45) is 5.92 Å². The fourth-order valence-corrected chi connectivity index (χ4v) is 2.22. The Kier molecular flexibility index (Phi) is 3.23. The van der Waals surface area contributed by atoms with Gasteiger partial charge in [-0.25, -0.2) is 0 Å². The monoisotopic (exact) mass is 257 g/mol. The van der Waals surface area contributed by atoms with Crippen LogP contribution in [-0.2, 0) is 0 Å². The van der Waals surface area contributed by atoms with Gasteiger partial charge >= 0.3 is 6.01 Å². The van der Waals surface area contributed by atoms with Crippen molar-refractivity contribution >= 4 is 6.01 Å². The van der Waals surface area contributed by atoms with E-state index in [1.807, 2.05) is 6.07 Å². The third-order valence-corrected chi connectivity index (χ3v) is 3.49. The zero-order chi connectivity index (χ0) is 13.2. The Hall–Kier alpha value is -1.84. The first-order chi connectivity index (χ1) is 9.24. The maximum atomic E-state index is 5.28. The first-order valence-corrected chi connectivity index (χ1v) is 6.89. The molecule has 0 saturated heterocycles. The zero-order valence-electron chi connectivity index (χ0n) is 11.3. The fourth-order valence-electron chi connectivity index (χ4n) is 2.22. The molecule has 0 aliphatic heterocycles. The van der Waals surface area contributed by atoms with Crippen LogP contribution in [0.5, 0.6) is 0 Å². The molecule has 4 heteroatoms. The summed E-state index contributed by atoms with van der Waals surface area (Å²) in [6.07, 6.45) is 2.52. The first-order valence-electron chi connectivity index (χ1n) is 6.89. The Bertz CT molecular complexity index is 531. The molecule has 19 heavy (non-hydrogen) atoms. The number of hydrogen-bond acceptors (Lipinski definition) is 4. The average Bonchev–Trinajstić information content (AvgIpc) is 3.15. The second-order valence-electron chi connectivity index (χ2n) is 5.48. The van der Waals surface area contributed by atoms with Gasteiger partial charge in [0.2, 0.25) is 0 Å². The van der Waals surface area contributed by atoms with Crippen LogP contribution in [-0.4, -0.2) is 10.1 Å². The van der Waals surface area contributed by atoms with Crippen LogP contribution < -0.4 is 5.32 Å². The Morgan fingerprint density at radius 1 is 1.21 bits per heavy atom. The van der Waals surface area contributed by atoms with Gasteiger partial charge in [0.15, 0.2) is 5.82 Å². The van der Waals surface area contributed by atoms with Crippen LogP contribution in [0, 0.1) is 5.92 Å². The van der Waals surface area contributed by atoms with Gasteiger partial charge in [0.1, 0.15) is 0 Å². The zero-order valence-corrected chi connectivity index (χ0v) is 11.3. The largest absolute Gasteiger partial charge is 0.331 e. The van der Waals surface area contributed by atoms with Gasteiger partial charge in [0.25, 0.3) is 0 Å². The molecule has 1 aromatic heterocycles. The predicted octanol–water partition coefficient (Wildman–Crippen LogP) is 3.76. The lowest BCUT2D eigenvalue weighted by Crippen LogP contribution is -2.13. The van der Waals surface area contributed by atoms with E-state index in [9.17, 15) is 0 Å². The number of nitrogens with zero attached hydrogens (tertiary/aromatic N) is 2. The SMILES string of the molecule is CC(C)c1noc(NC(c2ccccc2)C2CC2)n1. The summed E-state index contributed by atoms with van der Waals surface area (Å²) in [5, 5.41) is 7.39. The van der Waals surface area contributed by atoms with Gasteiger partial charge in [0, 0.05) is 5.92 Å². The highest BCUT2D eigenvalue weighted by Gasteiger charge is 2.33. The van der Waals surface area contributed by atoms with Crippen molar-refractivity contribution in [1.82, 2.24) is 10.1 Å². The minimum Gasteiger partial charge on any atom is -0.331 e. The highest BCUT2D eigenvalue weighted by Crippen LogP contribution is 2.42. The summed E-state index contributed by atoms with van der Waals surface area (Å²) in [5.41, 5.74) is 1.29. The molecule has 100 valence electrons. The minimum absolute atomic E-state index is 0.279. The molecule has 1 fully saturated rings. The highest BCUT2D eigenvalue weighted by molar-refractivity contribution is 5.31. The van der Waals surface area contributed by atoms with Crippen molar-refractivity contribution in [2.75, 3.05) is 5.32 Å². The molecule has 0 bridgehead atoms. The summed E-state index contributed by atoms with van der Waals surface area (Å²) in [6, 6.07) is 11.3. The van der Waals surface area contributed by atoms with Crippen molar-refractivity contribution in [2.45, 2.75) is 38.6 Å². The Balaban J connectivity index is 1.78. The van der Waals surface area contributed by atoms with Crippen LogP contribution in [0.25, 0.3) is 0 Å². The van der Waals surface area contributed by atoms with Gasteiger partial charge < -0.3 is 9.84 Å². The van der Waals surface area contributed by atoms with E-state index in [4.69, 9.17) is 4.52 Å². The fraction of sp³-hybridized carbons (Fsp3) is 0.467. The second kappa shape index (κ2) is 5.03. The van der Waals surface area contributed by atoms with Crippen LogP contribution in [0.2, 0.25) is 0 Å². The summed E-state index contributed by atoms with van der Waals surface area (Å²) < 4.78 is 5.28. The van der Waals surface area contributed by atoms with Crippen LogP contribution in [0.15, 0.2) is 34.9 Å². The van der Waals surface area contributed by atoms with E-state index < -0.39 is 0 Å². The first kappa shape index (κ1) is 12.2. The summed E-state index contributed by atoms with van der Waals surface area (Å²) in [6.45, 7) is 4.12. The van der Waals surface area contributed by atoms with Crippen molar-refractivity contribution < 1.29 is 4.52 Å². The molecule has 1 aliphatic carbocycles. The number of nitrogens with one attached hydrogen (secondary N) is 1. The molecule has 1 unspecified atom stereocenters. The molecule has 4 nitrogen and oxygen atoms in total. The Morgan fingerprint density at radius 3 is 2.53 bits per heavy atom. The van der Waals surface area contributed by atoms with Gasteiger partial charge in [-0.05, 0) is 24.3 Å². The molecule has 1 saturated carbocycles. The molecule has 1 aliphatic rings. The van der Waals surface area contributed by atoms with E-state index in [0.29, 0.717) is 11.9 Å². The van der Waals surface area contributed by atoms with E-state index in [1.165, 1.54) is 18.4 Å². The summed E-state index contributed by atoms with van der Waals surface area (Å²) >= 11 is 0. The lowest BCUT2D eigenvalue weighted by molar-refractivity contribution is 0.413. The van der Waals surface area contributed by atoms with Crippen LogP contribution in [0.4, 0.5) is 6.01 Å². The molecule has 0 radical (unpaired) electrons. The summed E-state index contributed by atoms with van der Waals surface area (Å²) in [5.74, 6) is 1.72. The van der Waals surface area contributed by atoms with Gasteiger partial charge in [-0.1, -0.05) is 49.3 Å². The van der Waals surface area contributed by atoms with Crippen molar-refractivity contribution in [3.05, 3.63) is 41.7 Å². The van der Waals surface area contributed by atoms with Crippen molar-refractivity contribution in [3.63, 3.8) is 0 Å². The highest BCUT2D eigenvalue weighted by atomic mass is 16.5. The number of aromatic nitrogens is 2. The maximum Gasteiger partial charge on any atom is 0.321 e. The van der Waals surface area contributed by atoms with Gasteiger partial charge in [-0.15, -0.1) is 0 Å². The third-order valence-electron chi connectivity index (χ3n) is 3.49. The second-order valence-corrected chi connectivity index (χ2v) is 5.48. The molecule has 1 atom stereocenters. The predicted molar refractivity (Wildman–Crippen MR) is 73.9 cm³/mol. The van der Waals surface area contributed by atoms with E-state index in [0.717, 1.165) is 5.82 Å². The molecule has 1 aromatic carbocycles. The smallest absolute Gasteiger partial charge is 0.321 e. The van der Waals surface area contributed by atoms with Gasteiger partial charge in [0.05, 0.1) is 6.04 Å². The van der Waals surface area contributed by atoms with E-state index in [1.54, 1.807) is 0 Å². The molecule has 1 heterocycles. The molecule has 3 rings (SSSR count). The lowest BCUT2D eigenvalue weighted by Gasteiger charge is -2.16. The lowest BCUT2D eigenvalue weighted by atomic mass is 10.0. The van der Waals surface area contributed by atoms with E-state index in [-0.39, 0.29) is 12.0 Å². The van der Waals surface area contributed by atoms with Crippen LogP contribution >= 0.6 is 0 Å². The summed E-state index contributed by atoms with van der Waals surface area (Å²) in [4.78, 5) is 4.40. The number of anilines is 1. The summed E-state index contributed by atoms with van der Waals surface area (Å²) in [7, 11) is 0. The number of hydrogen-bond donors (Lipinski definition) is 1. The average molecular weight is 257 g/mol. The molecule has 1 N–H and O–H groups in total. The molecular formula is C15H19N3O. The number of rotatable bonds is 5. The molecular weight excluding hydrogens is 238 g/mol. The topological polar surface area (TPSA) is 51.0 Å².